The lowest BCUT2D eigenvalue weighted by Gasteiger charge is -2.15. The topological polar surface area (TPSA) is 67.3 Å². The minimum atomic E-state index is -3.67. The minimum Gasteiger partial charge on any atom is -0.286 e. The molecule has 1 aliphatic carbocycles. The van der Waals surface area contributed by atoms with Crippen LogP contribution >= 0.6 is 0 Å². The third-order valence-corrected chi connectivity index (χ3v) is 2.47. The van der Waals surface area contributed by atoms with Crippen molar-refractivity contribution in [2.45, 2.75) is 32.6 Å². The highest BCUT2D eigenvalue weighted by Gasteiger charge is 2.10. The van der Waals surface area contributed by atoms with Gasteiger partial charge in [-0.05, 0) is 49.8 Å². The van der Waals surface area contributed by atoms with Crippen LogP contribution in [-0.4, -0.2) is 24.2 Å². The van der Waals surface area contributed by atoms with Gasteiger partial charge in [-0.2, -0.15) is 8.42 Å². The Kier molecular flexibility index (Phi) is 4.44. The predicted molar refractivity (Wildman–Crippen MR) is 63.1 cm³/mol. The van der Waals surface area contributed by atoms with Crippen molar-refractivity contribution >= 4 is 10.1 Å². The average Bonchev–Trinajstić information content (AvgIpc) is 2.16. The number of aryl methyl sites for hydroxylation is 2. The van der Waals surface area contributed by atoms with Crippen LogP contribution in [0.4, 0.5) is 0 Å². The maximum atomic E-state index is 9.19. The molecule has 1 aliphatic rings. The molecular weight excluding hydrogens is 226 g/mol. The van der Waals surface area contributed by atoms with Gasteiger partial charge in [-0.15, -0.1) is 0 Å². The molecule has 1 aromatic heterocycles. The summed E-state index contributed by atoms with van der Waals surface area (Å²) in [5, 5.41) is 0. The predicted octanol–water partition coefficient (Wildman–Crippen LogP) is 1.77. The monoisotopic (exact) mass is 243 g/mol. The number of rotatable bonds is 0. The Morgan fingerprint density at radius 3 is 2.44 bits per heavy atom. The lowest BCUT2D eigenvalue weighted by atomic mass is 9.93. The van der Waals surface area contributed by atoms with Crippen LogP contribution in [0, 0.1) is 6.92 Å². The van der Waals surface area contributed by atoms with Crippen LogP contribution in [0.15, 0.2) is 12.3 Å². The van der Waals surface area contributed by atoms with Gasteiger partial charge >= 0.3 is 0 Å². The first-order chi connectivity index (χ1) is 7.38. The van der Waals surface area contributed by atoms with Crippen LogP contribution < -0.4 is 0 Å². The van der Waals surface area contributed by atoms with Crippen molar-refractivity contribution < 1.29 is 13.0 Å². The molecule has 1 aromatic rings. The van der Waals surface area contributed by atoms with E-state index in [-0.39, 0.29) is 0 Å². The second-order valence-electron chi connectivity index (χ2n) is 3.99. The summed E-state index contributed by atoms with van der Waals surface area (Å²) in [5.41, 5.74) is 4.28. The van der Waals surface area contributed by atoms with E-state index < -0.39 is 10.1 Å². The molecule has 5 heteroatoms. The smallest absolute Gasteiger partial charge is 0.261 e. The van der Waals surface area contributed by atoms with Crippen LogP contribution in [0.5, 0.6) is 0 Å². The maximum absolute atomic E-state index is 9.19. The van der Waals surface area contributed by atoms with Crippen LogP contribution in [0.25, 0.3) is 0 Å². The van der Waals surface area contributed by atoms with Crippen molar-refractivity contribution in [2.24, 2.45) is 0 Å². The van der Waals surface area contributed by atoms with Crippen molar-refractivity contribution in [3.05, 3.63) is 29.1 Å². The Labute approximate surface area is 96.5 Å². The van der Waals surface area contributed by atoms with Crippen LogP contribution in [0.1, 0.15) is 29.7 Å². The summed E-state index contributed by atoms with van der Waals surface area (Å²) in [6, 6.07) is 2.12. The normalized spacial score (nSPS) is 14.7. The van der Waals surface area contributed by atoms with Gasteiger partial charge < -0.3 is 0 Å². The molecule has 0 fully saturated rings. The summed E-state index contributed by atoms with van der Waals surface area (Å²) in [5.74, 6) is 0. The second-order valence-corrected chi connectivity index (χ2v) is 5.46. The number of nitrogens with zero attached hydrogens (tertiary/aromatic N) is 1. The first kappa shape index (κ1) is 13.1. The fraction of sp³-hybridized carbons (Fsp3) is 0.545. The Hall–Kier alpha value is -0.940. The SMILES string of the molecule is CS(=O)(=O)O.Cc1ccnc2c1CCCC2. The lowest BCUT2D eigenvalue weighted by Crippen LogP contribution is -2.06. The zero-order valence-electron chi connectivity index (χ0n) is 9.60. The van der Waals surface area contributed by atoms with Crippen molar-refractivity contribution in [2.75, 3.05) is 6.26 Å². The largest absolute Gasteiger partial charge is 0.286 e. The van der Waals surface area contributed by atoms with E-state index in [0.717, 1.165) is 0 Å². The molecule has 90 valence electrons. The minimum absolute atomic E-state index is 0.715. The molecule has 0 bridgehead atoms. The number of hydrogen-bond acceptors (Lipinski definition) is 3. The third-order valence-electron chi connectivity index (χ3n) is 2.47. The average molecular weight is 243 g/mol. The molecule has 0 saturated heterocycles. The zero-order chi connectivity index (χ0) is 12.2. The summed E-state index contributed by atoms with van der Waals surface area (Å²) in [6.45, 7) is 2.19. The molecule has 0 spiro atoms. The first-order valence-corrected chi connectivity index (χ1v) is 7.08. The van der Waals surface area contributed by atoms with E-state index in [1.807, 2.05) is 6.20 Å². The summed E-state index contributed by atoms with van der Waals surface area (Å²) in [6.07, 6.45) is 7.75. The van der Waals surface area contributed by atoms with E-state index in [4.69, 9.17) is 4.55 Å². The molecule has 2 rings (SSSR count). The molecule has 1 heterocycles. The Morgan fingerprint density at radius 1 is 1.31 bits per heavy atom. The lowest BCUT2D eigenvalue weighted by molar-refractivity contribution is 0.490. The van der Waals surface area contributed by atoms with E-state index >= 15 is 0 Å². The first-order valence-electron chi connectivity index (χ1n) is 5.24. The molecule has 16 heavy (non-hydrogen) atoms. The number of hydrogen-bond donors (Lipinski definition) is 1. The van der Waals surface area contributed by atoms with E-state index in [1.54, 1.807) is 0 Å². The molecular formula is C11H17NO3S. The molecule has 0 atom stereocenters. The van der Waals surface area contributed by atoms with Gasteiger partial charge in [-0.1, -0.05) is 0 Å². The molecule has 0 aliphatic heterocycles. The number of pyridine rings is 1. The van der Waals surface area contributed by atoms with E-state index in [2.05, 4.69) is 18.0 Å². The summed E-state index contributed by atoms with van der Waals surface area (Å²) in [4.78, 5) is 4.38. The molecule has 1 N–H and O–H groups in total. The Bertz CT molecular complexity index is 446. The third kappa shape index (κ3) is 4.72. The van der Waals surface area contributed by atoms with Crippen LogP contribution in [0.3, 0.4) is 0 Å². The van der Waals surface area contributed by atoms with Crippen LogP contribution in [-0.2, 0) is 23.0 Å². The number of aromatic nitrogens is 1. The van der Waals surface area contributed by atoms with Gasteiger partial charge in [0, 0.05) is 11.9 Å². The van der Waals surface area contributed by atoms with E-state index in [0.29, 0.717) is 6.26 Å². The molecule has 0 radical (unpaired) electrons. The maximum Gasteiger partial charge on any atom is 0.261 e. The fourth-order valence-corrected chi connectivity index (χ4v) is 1.80. The highest BCUT2D eigenvalue weighted by molar-refractivity contribution is 7.85. The quantitative estimate of drug-likeness (QED) is 0.705. The zero-order valence-corrected chi connectivity index (χ0v) is 10.4. The van der Waals surface area contributed by atoms with E-state index in [9.17, 15) is 8.42 Å². The van der Waals surface area contributed by atoms with Crippen molar-refractivity contribution in [3.63, 3.8) is 0 Å². The van der Waals surface area contributed by atoms with Gasteiger partial charge in [-0.3, -0.25) is 9.54 Å². The van der Waals surface area contributed by atoms with Gasteiger partial charge in [0.2, 0.25) is 0 Å². The molecule has 4 nitrogen and oxygen atoms in total. The summed E-state index contributed by atoms with van der Waals surface area (Å²) < 4.78 is 25.9. The standard InChI is InChI=1S/C10H13N.CH4O3S/c1-8-6-7-11-10-5-3-2-4-9(8)10;1-5(2,3)4/h6-7H,2-5H2,1H3;1H3,(H,2,3,4). The molecule has 0 aromatic carbocycles. The van der Waals surface area contributed by atoms with Crippen molar-refractivity contribution in [3.8, 4) is 0 Å². The van der Waals surface area contributed by atoms with Gasteiger partial charge in [0.05, 0.1) is 6.26 Å². The highest BCUT2D eigenvalue weighted by Crippen LogP contribution is 2.21. The van der Waals surface area contributed by atoms with Gasteiger partial charge in [0.25, 0.3) is 10.1 Å². The van der Waals surface area contributed by atoms with Gasteiger partial charge in [0.1, 0.15) is 0 Å². The summed E-state index contributed by atoms with van der Waals surface area (Å²) in [7, 11) is -3.67. The van der Waals surface area contributed by atoms with Gasteiger partial charge in [0.15, 0.2) is 0 Å². The van der Waals surface area contributed by atoms with Crippen molar-refractivity contribution in [1.29, 1.82) is 0 Å². The van der Waals surface area contributed by atoms with Gasteiger partial charge in [-0.25, -0.2) is 0 Å². The molecule has 0 amide bonds. The highest BCUT2D eigenvalue weighted by atomic mass is 32.2. The fourth-order valence-electron chi connectivity index (χ4n) is 1.80. The number of fused-ring (bicyclic) bond motifs is 1. The summed E-state index contributed by atoms with van der Waals surface area (Å²) >= 11 is 0. The molecule has 0 unspecified atom stereocenters. The van der Waals surface area contributed by atoms with Crippen LogP contribution in [0.2, 0.25) is 0 Å². The van der Waals surface area contributed by atoms with Crippen molar-refractivity contribution in [1.82, 2.24) is 4.98 Å². The Balaban J connectivity index is 0.000000221. The second kappa shape index (κ2) is 5.41. The Morgan fingerprint density at radius 2 is 1.88 bits per heavy atom. The van der Waals surface area contributed by atoms with E-state index in [1.165, 1.54) is 42.5 Å². The molecule has 0 saturated carbocycles.